The van der Waals surface area contributed by atoms with Gasteiger partial charge in [-0.25, -0.2) is 0 Å². The molecule has 0 radical (unpaired) electrons. The van der Waals surface area contributed by atoms with Gasteiger partial charge >= 0.3 is 5.97 Å². The van der Waals surface area contributed by atoms with E-state index >= 15 is 0 Å². The number of benzene rings is 2. The highest BCUT2D eigenvalue weighted by atomic mass is 16.5. The molecule has 0 aliphatic rings. The second-order valence-corrected chi connectivity index (χ2v) is 6.28. The summed E-state index contributed by atoms with van der Waals surface area (Å²) in [4.78, 5) is 24.5. The van der Waals surface area contributed by atoms with Crippen molar-refractivity contribution in [3.8, 4) is 5.75 Å². The van der Waals surface area contributed by atoms with Crippen LogP contribution in [-0.2, 0) is 9.53 Å². The summed E-state index contributed by atoms with van der Waals surface area (Å²) in [6, 6.07) is 16.3. The second kappa shape index (κ2) is 11.0. The van der Waals surface area contributed by atoms with Gasteiger partial charge in [0.15, 0.2) is 0 Å². The van der Waals surface area contributed by atoms with E-state index in [-0.39, 0.29) is 18.4 Å². The molecule has 2 aromatic carbocycles. The maximum absolute atomic E-state index is 12.3. The summed E-state index contributed by atoms with van der Waals surface area (Å²) < 4.78 is 10.8. The molecule has 0 fully saturated rings. The first-order valence-corrected chi connectivity index (χ1v) is 9.30. The van der Waals surface area contributed by atoms with Crippen molar-refractivity contribution < 1.29 is 19.1 Å². The van der Waals surface area contributed by atoms with Crippen LogP contribution in [-0.4, -0.2) is 25.5 Å². The third kappa shape index (κ3) is 6.77. The van der Waals surface area contributed by atoms with Crippen LogP contribution in [0, 0.1) is 0 Å². The van der Waals surface area contributed by atoms with Gasteiger partial charge in [-0.1, -0.05) is 50.1 Å². The average Bonchev–Trinajstić information content (AvgIpc) is 2.71. The fourth-order valence-corrected chi connectivity index (χ4v) is 2.66. The highest BCUT2D eigenvalue weighted by Crippen LogP contribution is 2.21. The first kappa shape index (κ1) is 20.5. The lowest BCUT2D eigenvalue weighted by molar-refractivity contribution is -0.149. The monoisotopic (exact) mass is 369 g/mol. The summed E-state index contributed by atoms with van der Waals surface area (Å²) >= 11 is 0. The topological polar surface area (TPSA) is 64.6 Å². The smallest absolute Gasteiger partial charge is 0.306 e. The number of amides is 1. The van der Waals surface area contributed by atoms with Crippen LogP contribution in [0.25, 0.3) is 0 Å². The third-order valence-corrected chi connectivity index (χ3v) is 4.23. The summed E-state index contributed by atoms with van der Waals surface area (Å²) in [5, 5.41) is 2.85. The maximum atomic E-state index is 12.3. The summed E-state index contributed by atoms with van der Waals surface area (Å²) in [6.07, 6.45) is 2.68. The van der Waals surface area contributed by atoms with Crippen molar-refractivity contribution in [1.82, 2.24) is 5.32 Å². The molecule has 1 amide bonds. The molecule has 0 saturated heterocycles. The molecule has 0 saturated carbocycles. The molecule has 0 aromatic heterocycles. The van der Waals surface area contributed by atoms with Gasteiger partial charge in [0.25, 0.3) is 5.91 Å². The number of ether oxygens (including phenoxy) is 2. The van der Waals surface area contributed by atoms with E-state index in [1.54, 1.807) is 19.2 Å². The van der Waals surface area contributed by atoms with Crippen LogP contribution < -0.4 is 10.1 Å². The molecule has 2 aromatic rings. The number of methoxy groups -OCH3 is 1. The first-order valence-electron chi connectivity index (χ1n) is 9.30. The summed E-state index contributed by atoms with van der Waals surface area (Å²) in [5.74, 6) is 0.273. The Morgan fingerprint density at radius 1 is 1.00 bits per heavy atom. The first-order chi connectivity index (χ1) is 13.1. The Balaban J connectivity index is 2.03. The molecule has 1 unspecified atom stereocenters. The SMILES string of the molecule is CCCCCC(=O)OC(CNC(=O)c1ccccc1)c1ccc(OC)cc1. The Bertz CT molecular complexity index is 713. The molecule has 0 aliphatic heterocycles. The summed E-state index contributed by atoms with van der Waals surface area (Å²) in [7, 11) is 1.60. The number of nitrogens with one attached hydrogen (secondary N) is 1. The summed E-state index contributed by atoms with van der Waals surface area (Å²) in [6.45, 7) is 2.30. The molecule has 0 aliphatic carbocycles. The van der Waals surface area contributed by atoms with Crippen molar-refractivity contribution in [2.75, 3.05) is 13.7 Å². The van der Waals surface area contributed by atoms with Crippen LogP contribution in [0.1, 0.15) is 54.6 Å². The van der Waals surface area contributed by atoms with Crippen LogP contribution >= 0.6 is 0 Å². The number of unbranched alkanes of at least 4 members (excludes halogenated alkanes) is 2. The van der Waals surface area contributed by atoms with E-state index in [2.05, 4.69) is 12.2 Å². The average molecular weight is 369 g/mol. The number of carbonyl (C=O) groups is 2. The van der Waals surface area contributed by atoms with Gasteiger partial charge in [-0.3, -0.25) is 9.59 Å². The van der Waals surface area contributed by atoms with Crippen molar-refractivity contribution in [3.05, 3.63) is 65.7 Å². The molecule has 0 spiro atoms. The molecule has 0 heterocycles. The Morgan fingerprint density at radius 2 is 1.70 bits per heavy atom. The minimum atomic E-state index is -0.544. The highest BCUT2D eigenvalue weighted by Gasteiger charge is 2.18. The van der Waals surface area contributed by atoms with E-state index < -0.39 is 6.10 Å². The molecule has 1 N–H and O–H groups in total. The maximum Gasteiger partial charge on any atom is 0.306 e. The van der Waals surface area contributed by atoms with E-state index in [0.29, 0.717) is 12.0 Å². The van der Waals surface area contributed by atoms with Gasteiger partial charge in [-0.2, -0.15) is 0 Å². The van der Waals surface area contributed by atoms with Gasteiger partial charge in [0.2, 0.25) is 0 Å². The van der Waals surface area contributed by atoms with Gasteiger partial charge in [0.05, 0.1) is 13.7 Å². The highest BCUT2D eigenvalue weighted by molar-refractivity contribution is 5.94. The second-order valence-electron chi connectivity index (χ2n) is 6.28. The van der Waals surface area contributed by atoms with Crippen LogP contribution in [0.5, 0.6) is 5.75 Å². The minimum Gasteiger partial charge on any atom is -0.497 e. The molecule has 5 heteroatoms. The van der Waals surface area contributed by atoms with Crippen LogP contribution in [0.2, 0.25) is 0 Å². The van der Waals surface area contributed by atoms with Gasteiger partial charge < -0.3 is 14.8 Å². The lowest BCUT2D eigenvalue weighted by Gasteiger charge is -2.19. The number of hydrogen-bond acceptors (Lipinski definition) is 4. The molecule has 1 atom stereocenters. The van der Waals surface area contributed by atoms with Gasteiger partial charge in [0.1, 0.15) is 11.9 Å². The molecule has 0 bridgehead atoms. The molecular formula is C22H27NO4. The zero-order valence-electron chi connectivity index (χ0n) is 15.9. The fraction of sp³-hybridized carbons (Fsp3) is 0.364. The van der Waals surface area contributed by atoms with Crippen LogP contribution in [0.3, 0.4) is 0 Å². The van der Waals surface area contributed by atoms with Crippen molar-refractivity contribution in [2.24, 2.45) is 0 Å². The Kier molecular flexibility index (Phi) is 8.36. The Labute approximate surface area is 160 Å². The predicted octanol–water partition coefficient (Wildman–Crippen LogP) is 4.29. The van der Waals surface area contributed by atoms with Crippen molar-refractivity contribution in [1.29, 1.82) is 0 Å². The molecule has 144 valence electrons. The number of hydrogen-bond donors (Lipinski definition) is 1. The molecule has 27 heavy (non-hydrogen) atoms. The van der Waals surface area contributed by atoms with Crippen LogP contribution in [0.4, 0.5) is 0 Å². The van der Waals surface area contributed by atoms with Gasteiger partial charge in [-0.05, 0) is 36.2 Å². The van der Waals surface area contributed by atoms with E-state index in [9.17, 15) is 9.59 Å². The van der Waals surface area contributed by atoms with E-state index in [4.69, 9.17) is 9.47 Å². The fourth-order valence-electron chi connectivity index (χ4n) is 2.66. The Hall–Kier alpha value is -2.82. The molecule has 5 nitrogen and oxygen atoms in total. The van der Waals surface area contributed by atoms with E-state index in [1.165, 1.54) is 0 Å². The number of rotatable bonds is 10. The molecular weight excluding hydrogens is 342 g/mol. The van der Waals surface area contributed by atoms with Crippen molar-refractivity contribution >= 4 is 11.9 Å². The quantitative estimate of drug-likeness (QED) is 0.501. The lowest BCUT2D eigenvalue weighted by Crippen LogP contribution is -2.30. The third-order valence-electron chi connectivity index (χ3n) is 4.23. The standard InChI is InChI=1S/C22H27NO4/c1-3-4-6-11-21(24)27-20(17-12-14-19(26-2)15-13-17)16-23-22(25)18-9-7-5-8-10-18/h5,7-10,12-15,20H,3-4,6,11,16H2,1-2H3,(H,23,25). The normalized spacial score (nSPS) is 11.5. The van der Waals surface area contributed by atoms with Crippen molar-refractivity contribution in [2.45, 2.75) is 38.7 Å². The number of carbonyl (C=O) groups excluding carboxylic acids is 2. The Morgan fingerprint density at radius 3 is 2.33 bits per heavy atom. The van der Waals surface area contributed by atoms with E-state index in [1.807, 2.05) is 42.5 Å². The predicted molar refractivity (Wildman–Crippen MR) is 105 cm³/mol. The zero-order chi connectivity index (χ0) is 19.5. The zero-order valence-corrected chi connectivity index (χ0v) is 15.9. The van der Waals surface area contributed by atoms with Gasteiger partial charge in [0, 0.05) is 12.0 Å². The minimum absolute atomic E-state index is 0.198. The van der Waals surface area contributed by atoms with E-state index in [0.717, 1.165) is 30.6 Å². The van der Waals surface area contributed by atoms with Gasteiger partial charge in [-0.15, -0.1) is 0 Å². The number of esters is 1. The molecule has 2 rings (SSSR count). The van der Waals surface area contributed by atoms with Crippen molar-refractivity contribution in [3.63, 3.8) is 0 Å². The largest absolute Gasteiger partial charge is 0.497 e. The summed E-state index contributed by atoms with van der Waals surface area (Å²) in [5.41, 5.74) is 1.38. The van der Waals surface area contributed by atoms with Crippen LogP contribution in [0.15, 0.2) is 54.6 Å². The lowest BCUT2D eigenvalue weighted by atomic mass is 10.1.